The van der Waals surface area contributed by atoms with Crippen molar-refractivity contribution in [2.45, 2.75) is 12.5 Å². The molecule has 1 fully saturated rings. The van der Waals surface area contributed by atoms with Crippen molar-refractivity contribution in [3.8, 4) is 5.88 Å². The molecule has 2 N–H and O–H groups in total. The van der Waals surface area contributed by atoms with Crippen LogP contribution in [0.2, 0.25) is 0 Å². The number of nitrogens with zero attached hydrogens (tertiary/aromatic N) is 1. The molecule has 0 radical (unpaired) electrons. The Balaban J connectivity index is 2.05. The van der Waals surface area contributed by atoms with Crippen LogP contribution in [0.1, 0.15) is 17.3 Å². The summed E-state index contributed by atoms with van der Waals surface area (Å²) in [5.41, 5.74) is 6.10. The first-order valence-corrected chi connectivity index (χ1v) is 5.42. The molecule has 0 bridgehead atoms. The predicted molar refractivity (Wildman–Crippen MR) is 54.5 cm³/mol. The summed E-state index contributed by atoms with van der Waals surface area (Å²) >= 11 is 1.41. The van der Waals surface area contributed by atoms with Gasteiger partial charge in [0.15, 0.2) is 0 Å². The van der Waals surface area contributed by atoms with Crippen LogP contribution < -0.4 is 10.5 Å². The Hall–Kier alpha value is -0.650. The first-order chi connectivity index (χ1) is 6.81. The second-order valence-corrected chi connectivity index (χ2v) is 4.26. The molecule has 14 heavy (non-hydrogen) atoms. The van der Waals surface area contributed by atoms with Crippen molar-refractivity contribution in [1.29, 1.82) is 0 Å². The van der Waals surface area contributed by atoms with Crippen LogP contribution in [0.4, 0.5) is 0 Å². The Morgan fingerprint density at radius 1 is 1.79 bits per heavy atom. The SMILES string of the molecule is COc1cc(C(N)C2CCOC2)sn1. The number of methoxy groups -OCH3 is 1. The smallest absolute Gasteiger partial charge is 0.225 e. The summed E-state index contributed by atoms with van der Waals surface area (Å²) in [5.74, 6) is 1.08. The van der Waals surface area contributed by atoms with Gasteiger partial charge >= 0.3 is 0 Å². The molecular formula is C9H14N2O2S. The highest BCUT2D eigenvalue weighted by atomic mass is 32.1. The standard InChI is InChI=1S/C9H14N2O2S/c1-12-8-4-7(14-11-8)9(10)6-2-3-13-5-6/h4,6,9H,2-3,5,10H2,1H3. The zero-order valence-electron chi connectivity index (χ0n) is 8.10. The molecule has 0 amide bonds. The van der Waals surface area contributed by atoms with Crippen LogP contribution in [-0.4, -0.2) is 24.7 Å². The second kappa shape index (κ2) is 4.25. The van der Waals surface area contributed by atoms with Crippen molar-refractivity contribution in [3.63, 3.8) is 0 Å². The van der Waals surface area contributed by atoms with Crippen molar-refractivity contribution in [2.24, 2.45) is 11.7 Å². The van der Waals surface area contributed by atoms with Crippen LogP contribution in [0.5, 0.6) is 5.88 Å². The summed E-state index contributed by atoms with van der Waals surface area (Å²) in [6.07, 6.45) is 1.04. The topological polar surface area (TPSA) is 57.4 Å². The van der Waals surface area contributed by atoms with Crippen LogP contribution in [0, 0.1) is 5.92 Å². The molecule has 2 rings (SSSR count). The Labute approximate surface area is 87.2 Å². The number of nitrogens with two attached hydrogens (primary N) is 1. The number of hydrogen-bond donors (Lipinski definition) is 1. The van der Waals surface area contributed by atoms with Crippen molar-refractivity contribution < 1.29 is 9.47 Å². The highest BCUT2D eigenvalue weighted by molar-refractivity contribution is 7.06. The molecule has 1 aromatic heterocycles. The quantitative estimate of drug-likeness (QED) is 0.821. The number of hydrogen-bond acceptors (Lipinski definition) is 5. The van der Waals surface area contributed by atoms with E-state index in [0.29, 0.717) is 11.8 Å². The average Bonchev–Trinajstić information content (AvgIpc) is 2.88. The van der Waals surface area contributed by atoms with Crippen LogP contribution in [-0.2, 0) is 4.74 Å². The monoisotopic (exact) mass is 214 g/mol. The molecule has 1 aliphatic rings. The van der Waals surface area contributed by atoms with Gasteiger partial charge in [-0.15, -0.1) is 0 Å². The third-order valence-corrected chi connectivity index (χ3v) is 3.39. The van der Waals surface area contributed by atoms with Gasteiger partial charge in [0, 0.05) is 29.5 Å². The van der Waals surface area contributed by atoms with Crippen molar-refractivity contribution in [3.05, 3.63) is 10.9 Å². The Morgan fingerprint density at radius 3 is 3.21 bits per heavy atom. The van der Waals surface area contributed by atoms with E-state index in [1.165, 1.54) is 11.5 Å². The molecule has 0 spiro atoms. The van der Waals surface area contributed by atoms with Gasteiger partial charge in [-0.05, 0) is 18.0 Å². The van der Waals surface area contributed by atoms with Crippen LogP contribution in [0.15, 0.2) is 6.07 Å². The van der Waals surface area contributed by atoms with E-state index in [1.807, 2.05) is 6.07 Å². The van der Waals surface area contributed by atoms with Crippen molar-refractivity contribution >= 4 is 11.5 Å². The fraction of sp³-hybridized carbons (Fsp3) is 0.667. The van der Waals surface area contributed by atoms with Crippen LogP contribution in [0.3, 0.4) is 0 Å². The fourth-order valence-corrected chi connectivity index (χ4v) is 2.38. The molecule has 1 aliphatic heterocycles. The lowest BCUT2D eigenvalue weighted by molar-refractivity contribution is 0.181. The number of rotatable bonds is 3. The molecule has 4 nitrogen and oxygen atoms in total. The maximum absolute atomic E-state index is 6.10. The van der Waals surface area contributed by atoms with Gasteiger partial charge in [-0.25, -0.2) is 0 Å². The molecule has 0 saturated carbocycles. The first-order valence-electron chi connectivity index (χ1n) is 4.65. The molecule has 2 atom stereocenters. The van der Waals surface area contributed by atoms with Gasteiger partial charge in [-0.3, -0.25) is 0 Å². The van der Waals surface area contributed by atoms with E-state index in [4.69, 9.17) is 15.2 Å². The predicted octanol–water partition coefficient (Wildman–Crippen LogP) is 1.19. The molecule has 1 saturated heterocycles. The van der Waals surface area contributed by atoms with E-state index < -0.39 is 0 Å². The second-order valence-electron chi connectivity index (χ2n) is 3.42. The summed E-state index contributed by atoms with van der Waals surface area (Å²) in [5, 5.41) is 0. The van der Waals surface area contributed by atoms with Gasteiger partial charge in [-0.1, -0.05) is 0 Å². The maximum atomic E-state index is 6.10. The minimum Gasteiger partial charge on any atom is -0.480 e. The van der Waals surface area contributed by atoms with Gasteiger partial charge < -0.3 is 15.2 Å². The maximum Gasteiger partial charge on any atom is 0.225 e. The van der Waals surface area contributed by atoms with E-state index in [0.717, 1.165) is 24.5 Å². The summed E-state index contributed by atoms with van der Waals surface area (Å²) in [4.78, 5) is 1.08. The molecule has 5 heteroatoms. The summed E-state index contributed by atoms with van der Waals surface area (Å²) in [6.45, 7) is 1.59. The molecule has 2 unspecified atom stereocenters. The molecule has 78 valence electrons. The van der Waals surface area contributed by atoms with Gasteiger partial charge in [0.2, 0.25) is 5.88 Å². The third-order valence-electron chi connectivity index (χ3n) is 2.52. The van der Waals surface area contributed by atoms with E-state index in [1.54, 1.807) is 7.11 Å². The largest absolute Gasteiger partial charge is 0.480 e. The Morgan fingerprint density at radius 2 is 2.64 bits per heavy atom. The lowest BCUT2D eigenvalue weighted by Gasteiger charge is -2.14. The number of ether oxygens (including phenoxy) is 2. The van der Waals surface area contributed by atoms with E-state index in [-0.39, 0.29) is 6.04 Å². The normalized spacial score (nSPS) is 23.7. The summed E-state index contributed by atoms with van der Waals surface area (Å²) in [6, 6.07) is 1.95. The minimum atomic E-state index is 0.0406. The van der Waals surface area contributed by atoms with E-state index >= 15 is 0 Å². The number of aromatic nitrogens is 1. The fourth-order valence-electron chi connectivity index (χ4n) is 1.59. The lowest BCUT2D eigenvalue weighted by Crippen LogP contribution is -2.20. The van der Waals surface area contributed by atoms with E-state index in [9.17, 15) is 0 Å². The van der Waals surface area contributed by atoms with Crippen molar-refractivity contribution in [1.82, 2.24) is 4.37 Å². The molecular weight excluding hydrogens is 200 g/mol. The lowest BCUT2D eigenvalue weighted by atomic mass is 9.99. The zero-order valence-corrected chi connectivity index (χ0v) is 8.92. The average molecular weight is 214 g/mol. The molecule has 1 aromatic rings. The highest BCUT2D eigenvalue weighted by Crippen LogP contribution is 2.30. The Kier molecular flexibility index (Phi) is 3.00. The van der Waals surface area contributed by atoms with Gasteiger partial charge in [0.05, 0.1) is 13.7 Å². The van der Waals surface area contributed by atoms with Crippen LogP contribution in [0.25, 0.3) is 0 Å². The molecule has 0 aromatic carbocycles. The van der Waals surface area contributed by atoms with Gasteiger partial charge in [0.1, 0.15) is 0 Å². The molecule has 0 aliphatic carbocycles. The Bertz CT molecular complexity index is 297. The van der Waals surface area contributed by atoms with E-state index in [2.05, 4.69) is 4.37 Å². The van der Waals surface area contributed by atoms with Gasteiger partial charge in [-0.2, -0.15) is 4.37 Å². The van der Waals surface area contributed by atoms with Crippen molar-refractivity contribution in [2.75, 3.05) is 20.3 Å². The van der Waals surface area contributed by atoms with Crippen LogP contribution >= 0.6 is 11.5 Å². The third kappa shape index (κ3) is 1.89. The summed E-state index contributed by atoms with van der Waals surface area (Å²) in [7, 11) is 1.61. The molecule has 2 heterocycles. The highest BCUT2D eigenvalue weighted by Gasteiger charge is 2.25. The zero-order chi connectivity index (χ0) is 9.97. The van der Waals surface area contributed by atoms with Gasteiger partial charge in [0.25, 0.3) is 0 Å². The minimum absolute atomic E-state index is 0.0406. The summed E-state index contributed by atoms with van der Waals surface area (Å²) < 4.78 is 14.5. The first kappa shape index (κ1) is 9.89.